The van der Waals surface area contributed by atoms with Crippen molar-refractivity contribution in [1.82, 2.24) is 0 Å². The molecular formula is C27H21BrFNO4S. The van der Waals surface area contributed by atoms with Gasteiger partial charge in [-0.05, 0) is 61.0 Å². The molecule has 3 aromatic rings. The van der Waals surface area contributed by atoms with Crippen LogP contribution in [0.25, 0.3) is 6.08 Å². The van der Waals surface area contributed by atoms with Gasteiger partial charge in [0.1, 0.15) is 34.5 Å². The first-order chi connectivity index (χ1) is 16.9. The molecule has 4 rings (SSSR count). The Kier molecular flexibility index (Phi) is 8.05. The molecule has 0 bridgehead atoms. The molecule has 35 heavy (non-hydrogen) atoms. The lowest BCUT2D eigenvalue weighted by atomic mass is 10.1. The van der Waals surface area contributed by atoms with Crippen LogP contribution in [0.3, 0.4) is 0 Å². The van der Waals surface area contributed by atoms with E-state index in [9.17, 15) is 14.3 Å². The summed E-state index contributed by atoms with van der Waals surface area (Å²) in [5.41, 5.74) is 2.01. The van der Waals surface area contributed by atoms with Gasteiger partial charge in [0.05, 0.1) is 17.2 Å². The lowest BCUT2D eigenvalue weighted by molar-refractivity contribution is -0.138. The molecule has 5 nitrogen and oxygen atoms in total. The van der Waals surface area contributed by atoms with E-state index >= 15 is 0 Å². The van der Waals surface area contributed by atoms with Gasteiger partial charge >= 0.3 is 5.97 Å². The molecule has 0 unspecified atom stereocenters. The van der Waals surface area contributed by atoms with Crippen LogP contribution in [-0.2, 0) is 16.1 Å². The van der Waals surface area contributed by atoms with Crippen LogP contribution in [0.15, 0.2) is 98.5 Å². The van der Waals surface area contributed by atoms with Crippen LogP contribution >= 0.6 is 27.7 Å². The minimum absolute atomic E-state index is 0.0178. The first-order valence-corrected chi connectivity index (χ1v) is 12.4. The zero-order valence-corrected chi connectivity index (χ0v) is 21.1. The van der Waals surface area contributed by atoms with E-state index < -0.39 is 5.97 Å². The van der Waals surface area contributed by atoms with Crippen molar-refractivity contribution in [1.29, 1.82) is 0 Å². The van der Waals surface area contributed by atoms with Crippen molar-refractivity contribution in [2.24, 2.45) is 4.99 Å². The number of nitrogens with zero attached hydrogens (tertiary/aromatic N) is 1. The van der Waals surface area contributed by atoms with E-state index in [-0.39, 0.29) is 30.4 Å². The first kappa shape index (κ1) is 24.8. The molecule has 0 radical (unpaired) electrons. The van der Waals surface area contributed by atoms with Gasteiger partial charge in [0.25, 0.3) is 0 Å². The molecule has 0 saturated heterocycles. The fourth-order valence-corrected chi connectivity index (χ4v) is 4.71. The normalized spacial score (nSPS) is 15.6. The second-order valence-electron chi connectivity index (χ2n) is 7.41. The molecule has 0 amide bonds. The maximum Gasteiger partial charge on any atom is 0.344 e. The van der Waals surface area contributed by atoms with Crippen LogP contribution in [-0.4, -0.2) is 22.7 Å². The fraction of sp³-hybridized carbons (Fsp3) is 0.111. The molecular weight excluding hydrogens is 533 g/mol. The quantitative estimate of drug-likeness (QED) is 0.309. The third-order valence-electron chi connectivity index (χ3n) is 4.90. The van der Waals surface area contributed by atoms with Crippen molar-refractivity contribution in [3.05, 3.63) is 110 Å². The molecule has 0 spiro atoms. The highest BCUT2D eigenvalue weighted by molar-refractivity contribution is 9.10. The Labute approximate surface area is 215 Å². The summed E-state index contributed by atoms with van der Waals surface area (Å²) in [6, 6.07) is 20.8. The van der Waals surface area contributed by atoms with Crippen molar-refractivity contribution >= 4 is 50.5 Å². The van der Waals surface area contributed by atoms with Gasteiger partial charge in [-0.2, -0.15) is 0 Å². The number of hydrogen-bond acceptors (Lipinski definition) is 6. The van der Waals surface area contributed by atoms with Gasteiger partial charge in [-0.3, -0.25) is 0 Å². The molecule has 8 heteroatoms. The number of benzene rings is 3. The van der Waals surface area contributed by atoms with E-state index in [0.29, 0.717) is 32.5 Å². The van der Waals surface area contributed by atoms with E-state index in [2.05, 4.69) is 20.9 Å². The number of ether oxygens (including phenoxy) is 2. The van der Waals surface area contributed by atoms with Crippen LogP contribution in [0, 0.1) is 5.82 Å². The standard InChI is InChI=1S/C27H21BrFNO4S/c1-2-33-27(32)24-25(31)23(35-26(24)30-21-9-4-3-5-10-21)15-18-14-19(28)11-12-22(18)34-16-17-7-6-8-20(29)13-17/h3-15,31H,2,16H2,1H3/b23-15-,30-26?. The summed E-state index contributed by atoms with van der Waals surface area (Å²) in [6.45, 7) is 2.03. The number of aliphatic imine (C=N–C) groups is 1. The summed E-state index contributed by atoms with van der Waals surface area (Å²) in [4.78, 5) is 17.6. The first-order valence-electron chi connectivity index (χ1n) is 10.8. The number of aliphatic hydroxyl groups excluding tert-OH is 1. The lowest BCUT2D eigenvalue weighted by Crippen LogP contribution is -2.12. The zero-order valence-electron chi connectivity index (χ0n) is 18.7. The second-order valence-corrected chi connectivity index (χ2v) is 9.35. The Morgan fingerprint density at radius 3 is 2.66 bits per heavy atom. The van der Waals surface area contributed by atoms with Gasteiger partial charge in [0, 0.05) is 10.0 Å². The minimum atomic E-state index is -0.646. The van der Waals surface area contributed by atoms with E-state index in [1.807, 2.05) is 42.5 Å². The third kappa shape index (κ3) is 6.21. The van der Waals surface area contributed by atoms with Gasteiger partial charge in [0.2, 0.25) is 0 Å². The number of hydrogen-bond donors (Lipinski definition) is 1. The Hall–Kier alpha value is -3.36. The van der Waals surface area contributed by atoms with Gasteiger partial charge in [-0.25, -0.2) is 14.2 Å². The number of para-hydroxylation sites is 1. The summed E-state index contributed by atoms with van der Waals surface area (Å²) in [5.74, 6) is -0.658. The van der Waals surface area contributed by atoms with Crippen LogP contribution in [0.4, 0.5) is 10.1 Å². The molecule has 0 atom stereocenters. The van der Waals surface area contributed by atoms with Gasteiger partial charge < -0.3 is 14.6 Å². The Morgan fingerprint density at radius 1 is 1.11 bits per heavy atom. The Bertz CT molecular complexity index is 1340. The Morgan fingerprint density at radius 2 is 1.91 bits per heavy atom. The molecule has 1 heterocycles. The maximum absolute atomic E-state index is 13.5. The smallest absolute Gasteiger partial charge is 0.344 e. The number of carbonyl (C=O) groups excluding carboxylic acids is 1. The number of halogens is 2. The number of thioether (sulfide) groups is 1. The zero-order chi connectivity index (χ0) is 24.8. The molecule has 1 aliphatic heterocycles. The molecule has 3 aromatic carbocycles. The Balaban J connectivity index is 1.69. The van der Waals surface area contributed by atoms with Crippen LogP contribution in [0.5, 0.6) is 5.75 Å². The van der Waals surface area contributed by atoms with E-state index in [4.69, 9.17) is 9.47 Å². The number of esters is 1. The monoisotopic (exact) mass is 553 g/mol. The molecule has 1 aliphatic rings. The van der Waals surface area contributed by atoms with Crippen molar-refractivity contribution in [3.8, 4) is 5.75 Å². The second kappa shape index (κ2) is 11.4. The average Bonchev–Trinajstić information content (AvgIpc) is 3.14. The maximum atomic E-state index is 13.5. The highest BCUT2D eigenvalue weighted by Gasteiger charge is 2.33. The molecule has 0 fully saturated rings. The minimum Gasteiger partial charge on any atom is -0.506 e. The van der Waals surface area contributed by atoms with Gasteiger partial charge in [0.15, 0.2) is 0 Å². The summed E-state index contributed by atoms with van der Waals surface area (Å²) in [7, 11) is 0. The predicted molar refractivity (Wildman–Crippen MR) is 140 cm³/mol. The van der Waals surface area contributed by atoms with Gasteiger partial charge in [-0.15, -0.1) is 0 Å². The molecule has 0 aliphatic carbocycles. The van der Waals surface area contributed by atoms with Crippen LogP contribution in [0.2, 0.25) is 0 Å². The SMILES string of the molecule is CCOC(=O)C1=C(O)/C(=C/c2cc(Br)ccc2OCc2cccc(F)c2)SC1=Nc1ccccc1. The van der Waals surface area contributed by atoms with Crippen molar-refractivity contribution in [3.63, 3.8) is 0 Å². The van der Waals surface area contributed by atoms with Crippen molar-refractivity contribution in [2.75, 3.05) is 6.61 Å². The highest BCUT2D eigenvalue weighted by Crippen LogP contribution is 2.41. The third-order valence-corrected chi connectivity index (χ3v) is 6.41. The van der Waals surface area contributed by atoms with E-state index in [1.54, 1.807) is 31.2 Å². The molecule has 0 aromatic heterocycles. The predicted octanol–water partition coefficient (Wildman–Crippen LogP) is 7.36. The molecule has 1 N–H and O–H groups in total. The van der Waals surface area contributed by atoms with Crippen LogP contribution in [0.1, 0.15) is 18.1 Å². The largest absolute Gasteiger partial charge is 0.506 e. The lowest BCUT2D eigenvalue weighted by Gasteiger charge is -2.11. The summed E-state index contributed by atoms with van der Waals surface area (Å²) in [6.07, 6.45) is 1.72. The topological polar surface area (TPSA) is 68.1 Å². The van der Waals surface area contributed by atoms with E-state index in [1.165, 1.54) is 23.9 Å². The summed E-state index contributed by atoms with van der Waals surface area (Å²) < 4.78 is 25.5. The summed E-state index contributed by atoms with van der Waals surface area (Å²) >= 11 is 4.63. The van der Waals surface area contributed by atoms with Gasteiger partial charge in [-0.1, -0.05) is 58.0 Å². The summed E-state index contributed by atoms with van der Waals surface area (Å²) in [5, 5.41) is 11.3. The molecule has 0 saturated carbocycles. The number of rotatable bonds is 7. The highest BCUT2D eigenvalue weighted by atomic mass is 79.9. The van der Waals surface area contributed by atoms with Crippen molar-refractivity contribution < 1.29 is 23.8 Å². The number of carbonyl (C=O) groups is 1. The van der Waals surface area contributed by atoms with E-state index in [0.717, 1.165) is 4.47 Å². The van der Waals surface area contributed by atoms with Crippen LogP contribution < -0.4 is 4.74 Å². The van der Waals surface area contributed by atoms with Crippen molar-refractivity contribution in [2.45, 2.75) is 13.5 Å². The fourth-order valence-electron chi connectivity index (χ4n) is 3.30. The average molecular weight is 554 g/mol. The molecule has 178 valence electrons. The number of aliphatic hydroxyl groups is 1.